The van der Waals surface area contributed by atoms with Gasteiger partial charge < -0.3 is 4.74 Å². The lowest BCUT2D eigenvalue weighted by Crippen LogP contribution is -2.43. The van der Waals surface area contributed by atoms with Crippen LogP contribution in [-0.4, -0.2) is 36.1 Å². The largest absolute Gasteiger partial charge is 0.462 e. The van der Waals surface area contributed by atoms with E-state index in [4.69, 9.17) is 4.74 Å². The van der Waals surface area contributed by atoms with Crippen LogP contribution in [0.5, 0.6) is 0 Å². The highest BCUT2D eigenvalue weighted by molar-refractivity contribution is 5.93. The minimum atomic E-state index is -0.510. The maximum Gasteiger partial charge on any atom is 0.348 e. The summed E-state index contributed by atoms with van der Waals surface area (Å²) in [6.45, 7) is 4.10. The summed E-state index contributed by atoms with van der Waals surface area (Å²) in [5.74, 6) is -0.510. The van der Waals surface area contributed by atoms with Gasteiger partial charge in [-0.15, -0.1) is 0 Å². The maximum absolute atomic E-state index is 11.8. The fourth-order valence-corrected chi connectivity index (χ4v) is 2.89. The Labute approximate surface area is 114 Å². The topological polar surface area (TPSA) is 53.3 Å². The summed E-state index contributed by atoms with van der Waals surface area (Å²) in [7, 11) is 0. The molecule has 1 unspecified atom stereocenters. The molecule has 19 heavy (non-hydrogen) atoms. The summed E-state index contributed by atoms with van der Waals surface area (Å²) in [5, 5.41) is 9.18. The van der Waals surface area contributed by atoms with Gasteiger partial charge in [0, 0.05) is 0 Å². The second-order valence-electron chi connectivity index (χ2n) is 5.02. The van der Waals surface area contributed by atoms with Gasteiger partial charge in [-0.3, -0.25) is 4.90 Å². The van der Waals surface area contributed by atoms with Crippen molar-refractivity contribution in [2.24, 2.45) is 0 Å². The number of carbonyl (C=O) groups is 1. The van der Waals surface area contributed by atoms with Crippen molar-refractivity contribution in [2.45, 2.75) is 38.1 Å². The Kier molecular flexibility index (Phi) is 4.39. The molecule has 0 aromatic rings. The smallest absolute Gasteiger partial charge is 0.348 e. The number of carbonyl (C=O) groups excluding carboxylic acids is 1. The van der Waals surface area contributed by atoms with Gasteiger partial charge in [-0.25, -0.2) is 4.79 Å². The van der Waals surface area contributed by atoms with Crippen LogP contribution in [0.3, 0.4) is 0 Å². The van der Waals surface area contributed by atoms with Gasteiger partial charge in [-0.05, 0) is 51.8 Å². The fourth-order valence-electron chi connectivity index (χ4n) is 2.89. The highest BCUT2D eigenvalue weighted by Crippen LogP contribution is 2.34. The first-order chi connectivity index (χ1) is 9.22. The minimum Gasteiger partial charge on any atom is -0.462 e. The average molecular weight is 260 g/mol. The highest BCUT2D eigenvalue weighted by Gasteiger charge is 2.37. The lowest BCUT2D eigenvalue weighted by Gasteiger charge is -2.35. The molecule has 102 valence electrons. The third kappa shape index (κ3) is 2.87. The third-order valence-corrected chi connectivity index (χ3v) is 3.82. The predicted octanol–water partition coefficient (Wildman–Crippen LogP) is 2.18. The molecule has 0 radical (unpaired) electrons. The van der Waals surface area contributed by atoms with E-state index >= 15 is 0 Å². The minimum absolute atomic E-state index is 0.125. The first kappa shape index (κ1) is 13.8. The Bertz CT molecular complexity index is 442. The van der Waals surface area contributed by atoms with Gasteiger partial charge in [0.1, 0.15) is 11.6 Å². The van der Waals surface area contributed by atoms with Crippen LogP contribution >= 0.6 is 0 Å². The van der Waals surface area contributed by atoms with Crippen molar-refractivity contribution in [3.05, 3.63) is 23.8 Å². The van der Waals surface area contributed by atoms with Crippen LogP contribution in [0.4, 0.5) is 0 Å². The lowest BCUT2D eigenvalue weighted by molar-refractivity contribution is -0.138. The Hall–Kier alpha value is -1.60. The van der Waals surface area contributed by atoms with Crippen LogP contribution < -0.4 is 0 Å². The summed E-state index contributed by atoms with van der Waals surface area (Å²) >= 11 is 0. The first-order valence-electron chi connectivity index (χ1n) is 6.94. The Morgan fingerprint density at radius 2 is 2.26 bits per heavy atom. The molecule has 0 amide bonds. The number of rotatable bonds is 4. The molecule has 1 aliphatic heterocycles. The van der Waals surface area contributed by atoms with Gasteiger partial charge in [0.2, 0.25) is 0 Å². The number of nitriles is 1. The van der Waals surface area contributed by atoms with Crippen molar-refractivity contribution >= 4 is 5.97 Å². The number of hydrogen-bond donors (Lipinski definition) is 0. The molecular formula is C15H20N2O2. The van der Waals surface area contributed by atoms with Gasteiger partial charge in [0.25, 0.3) is 0 Å². The van der Waals surface area contributed by atoms with E-state index in [0.29, 0.717) is 6.61 Å². The van der Waals surface area contributed by atoms with Gasteiger partial charge >= 0.3 is 5.97 Å². The molecule has 0 aromatic carbocycles. The summed E-state index contributed by atoms with van der Waals surface area (Å²) in [4.78, 5) is 14.1. The number of likely N-dealkylation sites (tertiary alicyclic amines) is 1. The van der Waals surface area contributed by atoms with Crippen molar-refractivity contribution < 1.29 is 9.53 Å². The standard InChI is InChI=1S/C15H20N2O2/c1-2-19-14(18)13(12-16)11-15(7-3-4-8-15)17-9-5-6-10-17/h3,7,11H,2,4-6,8-10H2,1H3. The Balaban J connectivity index is 2.26. The average Bonchev–Trinajstić information content (AvgIpc) is 3.08. The van der Waals surface area contributed by atoms with Crippen molar-refractivity contribution in [1.82, 2.24) is 4.90 Å². The van der Waals surface area contributed by atoms with Gasteiger partial charge in [0.15, 0.2) is 0 Å². The zero-order valence-electron chi connectivity index (χ0n) is 11.4. The maximum atomic E-state index is 11.8. The number of ether oxygens (including phenoxy) is 1. The van der Waals surface area contributed by atoms with Crippen LogP contribution in [-0.2, 0) is 9.53 Å². The van der Waals surface area contributed by atoms with Crippen LogP contribution in [0, 0.1) is 11.3 Å². The molecule has 0 aromatic heterocycles. The summed E-state index contributed by atoms with van der Waals surface area (Å²) in [6, 6.07) is 1.99. The van der Waals surface area contributed by atoms with Crippen molar-refractivity contribution in [3.63, 3.8) is 0 Å². The van der Waals surface area contributed by atoms with Crippen molar-refractivity contribution in [1.29, 1.82) is 5.26 Å². The molecule has 0 N–H and O–H groups in total. The number of hydrogen-bond acceptors (Lipinski definition) is 4. The molecule has 1 heterocycles. The Morgan fingerprint density at radius 1 is 1.53 bits per heavy atom. The summed E-state index contributed by atoms with van der Waals surface area (Å²) in [5.41, 5.74) is -0.130. The van der Waals surface area contributed by atoms with Crippen LogP contribution in [0.2, 0.25) is 0 Å². The van der Waals surface area contributed by atoms with Gasteiger partial charge in [-0.2, -0.15) is 5.26 Å². The molecule has 0 spiro atoms. The SMILES string of the molecule is CCOC(=O)C(C#N)=CC1(N2CCCC2)C=CCC1. The van der Waals surface area contributed by atoms with Gasteiger partial charge in [-0.1, -0.05) is 12.2 Å². The van der Waals surface area contributed by atoms with Crippen molar-refractivity contribution in [2.75, 3.05) is 19.7 Å². The van der Waals surface area contributed by atoms with Crippen LogP contribution in [0.15, 0.2) is 23.8 Å². The van der Waals surface area contributed by atoms with E-state index in [1.807, 2.05) is 6.07 Å². The van der Waals surface area contributed by atoms with E-state index in [0.717, 1.165) is 25.9 Å². The van der Waals surface area contributed by atoms with E-state index in [1.54, 1.807) is 13.0 Å². The second kappa shape index (κ2) is 6.03. The molecule has 2 rings (SSSR count). The molecule has 0 saturated carbocycles. The summed E-state index contributed by atoms with van der Waals surface area (Å²) < 4.78 is 4.94. The zero-order chi connectivity index (χ0) is 13.7. The Morgan fingerprint density at radius 3 is 2.79 bits per heavy atom. The van der Waals surface area contributed by atoms with Gasteiger partial charge in [0.05, 0.1) is 12.1 Å². The molecule has 4 nitrogen and oxygen atoms in total. The van der Waals surface area contributed by atoms with Crippen molar-refractivity contribution in [3.8, 4) is 6.07 Å². The molecule has 1 fully saturated rings. The molecule has 2 aliphatic rings. The van der Waals surface area contributed by atoms with E-state index in [9.17, 15) is 10.1 Å². The molecule has 1 saturated heterocycles. The van der Waals surface area contributed by atoms with E-state index in [-0.39, 0.29) is 11.1 Å². The molecule has 0 bridgehead atoms. The monoisotopic (exact) mass is 260 g/mol. The first-order valence-corrected chi connectivity index (χ1v) is 6.94. The summed E-state index contributed by atoms with van der Waals surface area (Å²) in [6.07, 6.45) is 10.4. The van der Waals surface area contributed by atoms with Crippen LogP contribution in [0.1, 0.15) is 32.6 Å². The fraction of sp³-hybridized carbons (Fsp3) is 0.600. The number of allylic oxidation sites excluding steroid dienone is 1. The number of nitrogens with zero attached hydrogens (tertiary/aromatic N) is 2. The molecule has 4 heteroatoms. The molecular weight excluding hydrogens is 240 g/mol. The predicted molar refractivity (Wildman–Crippen MR) is 72.2 cm³/mol. The number of esters is 1. The quantitative estimate of drug-likeness (QED) is 0.336. The normalized spacial score (nSPS) is 27.5. The molecule has 1 aliphatic carbocycles. The highest BCUT2D eigenvalue weighted by atomic mass is 16.5. The third-order valence-electron chi connectivity index (χ3n) is 3.82. The van der Waals surface area contributed by atoms with E-state index in [1.165, 1.54) is 12.8 Å². The lowest BCUT2D eigenvalue weighted by atomic mass is 9.93. The second-order valence-corrected chi connectivity index (χ2v) is 5.02. The van der Waals surface area contributed by atoms with Crippen LogP contribution in [0.25, 0.3) is 0 Å². The van der Waals surface area contributed by atoms with E-state index < -0.39 is 5.97 Å². The zero-order valence-corrected chi connectivity index (χ0v) is 11.4. The molecule has 1 atom stereocenters. The van der Waals surface area contributed by atoms with E-state index in [2.05, 4.69) is 17.1 Å².